The lowest BCUT2D eigenvalue weighted by Crippen LogP contribution is -2.67. The maximum atomic E-state index is 13.4. The second kappa shape index (κ2) is 8.59. The van der Waals surface area contributed by atoms with Gasteiger partial charge in [0, 0.05) is 12.3 Å². The van der Waals surface area contributed by atoms with E-state index in [1.807, 2.05) is 0 Å². The van der Waals surface area contributed by atoms with Crippen LogP contribution >= 0.6 is 0 Å². The lowest BCUT2D eigenvalue weighted by molar-refractivity contribution is -0.250. The number of hydrogen-bond acceptors (Lipinski definition) is 4. The molecule has 0 aromatic heterocycles. The molecule has 5 saturated carbocycles. The van der Waals surface area contributed by atoms with E-state index in [2.05, 4.69) is 48.1 Å². The van der Waals surface area contributed by atoms with Crippen LogP contribution in [-0.4, -0.2) is 25.2 Å². The summed E-state index contributed by atoms with van der Waals surface area (Å²) in [4.78, 5) is 25.3. The van der Waals surface area contributed by atoms with Crippen LogP contribution in [-0.2, 0) is 19.1 Å². The summed E-state index contributed by atoms with van der Waals surface area (Å²) < 4.78 is 11.4. The van der Waals surface area contributed by atoms with Crippen molar-refractivity contribution in [3.8, 4) is 0 Å². The van der Waals surface area contributed by atoms with E-state index in [9.17, 15) is 9.59 Å². The Kier molecular flexibility index (Phi) is 6.33. The number of carbonyl (C=O) groups is 2. The Balaban J connectivity index is 1.52. The van der Waals surface area contributed by atoms with Gasteiger partial charge in [-0.2, -0.15) is 0 Å². The van der Waals surface area contributed by atoms with Crippen LogP contribution in [0, 0.1) is 56.7 Å². The van der Waals surface area contributed by atoms with Gasteiger partial charge in [-0.1, -0.05) is 46.8 Å². The molecule has 208 valence electrons. The molecule has 5 fully saturated rings. The zero-order valence-corrected chi connectivity index (χ0v) is 24.9. The van der Waals surface area contributed by atoms with Gasteiger partial charge >= 0.3 is 11.9 Å². The summed E-state index contributed by atoms with van der Waals surface area (Å²) in [6, 6.07) is 0. The smallest absolute Gasteiger partial charge is 0.312 e. The van der Waals surface area contributed by atoms with Crippen LogP contribution in [0.5, 0.6) is 0 Å². The molecule has 0 aromatic rings. The number of allylic oxidation sites excluding steroid dienone is 1. The van der Waals surface area contributed by atoms with E-state index in [1.54, 1.807) is 14.0 Å². The van der Waals surface area contributed by atoms with E-state index < -0.39 is 0 Å². The zero-order chi connectivity index (χ0) is 27.2. The van der Waals surface area contributed by atoms with Crippen molar-refractivity contribution < 1.29 is 19.1 Å². The van der Waals surface area contributed by atoms with Gasteiger partial charge in [-0.05, 0) is 117 Å². The molecule has 4 nitrogen and oxygen atoms in total. The topological polar surface area (TPSA) is 52.6 Å². The first-order chi connectivity index (χ1) is 17.2. The molecule has 8 unspecified atom stereocenters. The first-order valence-corrected chi connectivity index (χ1v) is 15.1. The molecule has 37 heavy (non-hydrogen) atoms. The Morgan fingerprint density at radius 1 is 0.784 bits per heavy atom. The van der Waals surface area contributed by atoms with E-state index >= 15 is 0 Å². The Morgan fingerprint density at radius 3 is 2.11 bits per heavy atom. The SMILES string of the molecule is C=C(C)[C@@H]1CCC2(C(=O)OC)CC[C@]3(C)C(CCC4C5(C)CCC(OC(C)=O)C(C)(C)C5CCC43C)C12. The largest absolute Gasteiger partial charge is 0.469 e. The van der Waals surface area contributed by atoms with Crippen molar-refractivity contribution in [2.75, 3.05) is 7.11 Å². The normalized spacial score (nSPS) is 50.1. The molecule has 10 atom stereocenters. The summed E-state index contributed by atoms with van der Waals surface area (Å²) in [6.45, 7) is 20.7. The number of hydrogen-bond donors (Lipinski definition) is 0. The van der Waals surface area contributed by atoms with E-state index in [0.29, 0.717) is 29.6 Å². The Morgan fingerprint density at radius 2 is 1.49 bits per heavy atom. The van der Waals surface area contributed by atoms with Crippen molar-refractivity contribution >= 4 is 11.9 Å². The van der Waals surface area contributed by atoms with Crippen molar-refractivity contribution in [3.63, 3.8) is 0 Å². The number of carbonyl (C=O) groups excluding carboxylic acids is 2. The number of esters is 2. The highest BCUT2D eigenvalue weighted by Crippen LogP contribution is 2.77. The fraction of sp³-hybridized carbons (Fsp3) is 0.879. The third-order valence-electron chi connectivity index (χ3n) is 13.9. The van der Waals surface area contributed by atoms with Crippen LogP contribution in [0.1, 0.15) is 113 Å². The third kappa shape index (κ3) is 3.45. The van der Waals surface area contributed by atoms with Gasteiger partial charge in [0.2, 0.25) is 0 Å². The van der Waals surface area contributed by atoms with Gasteiger partial charge in [-0.3, -0.25) is 9.59 Å². The molecular formula is C33H52O4. The van der Waals surface area contributed by atoms with Gasteiger partial charge in [-0.25, -0.2) is 0 Å². The second-order valence-electron chi connectivity index (χ2n) is 15.3. The standard InChI is InChI=1S/C33H52O4/c1-20(2)22-12-17-33(28(35)36-9)19-18-31(7)23(27(22)33)10-11-25-30(6)15-14-26(37-21(3)34)29(4,5)24(30)13-16-32(25,31)8/h22-27H,1,10-19H2,2-9H3/t22-,23?,24?,25?,26?,27?,30?,31+,32?,33?/m0/s1. The molecule has 0 aromatic carbocycles. The van der Waals surface area contributed by atoms with Crippen LogP contribution in [0.4, 0.5) is 0 Å². The third-order valence-corrected chi connectivity index (χ3v) is 13.9. The van der Waals surface area contributed by atoms with Crippen LogP contribution in [0.3, 0.4) is 0 Å². The maximum absolute atomic E-state index is 13.4. The summed E-state index contributed by atoms with van der Waals surface area (Å²) in [5.74, 6) is 2.43. The molecule has 5 aliphatic rings. The molecule has 0 amide bonds. The molecule has 0 heterocycles. The van der Waals surface area contributed by atoms with Gasteiger partial charge in [0.05, 0.1) is 12.5 Å². The van der Waals surface area contributed by atoms with E-state index in [0.717, 1.165) is 38.5 Å². The quantitative estimate of drug-likeness (QED) is 0.286. The Hall–Kier alpha value is -1.32. The highest BCUT2D eigenvalue weighted by Gasteiger charge is 2.72. The maximum Gasteiger partial charge on any atom is 0.312 e. The molecular weight excluding hydrogens is 460 g/mol. The molecule has 5 rings (SSSR count). The average Bonchev–Trinajstić information content (AvgIpc) is 3.22. The molecule has 0 N–H and O–H groups in total. The molecule has 5 aliphatic carbocycles. The summed E-state index contributed by atoms with van der Waals surface area (Å²) in [7, 11) is 1.59. The molecule has 0 saturated heterocycles. The Labute approximate surface area is 225 Å². The minimum absolute atomic E-state index is 0.0130. The van der Waals surface area contributed by atoms with Crippen molar-refractivity contribution in [1.29, 1.82) is 0 Å². The van der Waals surface area contributed by atoms with Gasteiger partial charge in [0.15, 0.2) is 0 Å². The van der Waals surface area contributed by atoms with Gasteiger partial charge < -0.3 is 9.47 Å². The van der Waals surface area contributed by atoms with Crippen LogP contribution < -0.4 is 0 Å². The lowest BCUT2D eigenvalue weighted by atomic mass is 9.32. The fourth-order valence-electron chi connectivity index (χ4n) is 12.1. The number of methoxy groups -OCH3 is 1. The van der Waals surface area contributed by atoms with Gasteiger partial charge in [-0.15, -0.1) is 0 Å². The van der Waals surface area contributed by atoms with Gasteiger partial charge in [0.25, 0.3) is 0 Å². The molecule has 0 radical (unpaired) electrons. The Bertz CT molecular complexity index is 983. The lowest BCUT2D eigenvalue weighted by Gasteiger charge is -2.72. The molecule has 0 bridgehead atoms. The number of ether oxygens (including phenoxy) is 2. The summed E-state index contributed by atoms with van der Waals surface area (Å²) >= 11 is 0. The fourth-order valence-corrected chi connectivity index (χ4v) is 12.1. The van der Waals surface area contributed by atoms with Crippen molar-refractivity contribution in [2.24, 2.45) is 56.7 Å². The van der Waals surface area contributed by atoms with Crippen LogP contribution in [0.25, 0.3) is 0 Å². The van der Waals surface area contributed by atoms with E-state index in [4.69, 9.17) is 9.47 Å². The summed E-state index contributed by atoms with van der Waals surface area (Å²) in [5.41, 5.74) is 1.63. The monoisotopic (exact) mass is 512 g/mol. The van der Waals surface area contributed by atoms with Crippen molar-refractivity contribution in [2.45, 2.75) is 119 Å². The molecule has 0 aliphatic heterocycles. The van der Waals surface area contributed by atoms with E-state index in [1.165, 1.54) is 31.3 Å². The van der Waals surface area contributed by atoms with Gasteiger partial charge in [0.1, 0.15) is 6.10 Å². The number of fused-ring (bicyclic) bond motifs is 7. The minimum atomic E-state index is -0.322. The predicted molar refractivity (Wildman–Crippen MR) is 147 cm³/mol. The highest BCUT2D eigenvalue weighted by atomic mass is 16.5. The number of rotatable bonds is 3. The van der Waals surface area contributed by atoms with Crippen molar-refractivity contribution in [3.05, 3.63) is 12.2 Å². The highest BCUT2D eigenvalue weighted by molar-refractivity contribution is 5.78. The summed E-state index contributed by atoms with van der Waals surface area (Å²) in [6.07, 6.45) is 11.1. The van der Waals surface area contributed by atoms with Crippen LogP contribution in [0.2, 0.25) is 0 Å². The average molecular weight is 513 g/mol. The minimum Gasteiger partial charge on any atom is -0.469 e. The van der Waals surface area contributed by atoms with Crippen molar-refractivity contribution in [1.82, 2.24) is 0 Å². The zero-order valence-electron chi connectivity index (χ0n) is 24.9. The summed E-state index contributed by atoms with van der Waals surface area (Å²) in [5, 5.41) is 0. The first-order valence-electron chi connectivity index (χ1n) is 15.1. The molecule has 4 heteroatoms. The second-order valence-corrected chi connectivity index (χ2v) is 15.3. The predicted octanol–water partition coefficient (Wildman–Crippen LogP) is 7.75. The first kappa shape index (κ1) is 27.3. The van der Waals surface area contributed by atoms with Crippen LogP contribution in [0.15, 0.2) is 12.2 Å². The van der Waals surface area contributed by atoms with E-state index in [-0.39, 0.29) is 45.1 Å². The molecule has 0 spiro atoms.